The molecule has 102 valence electrons. The first-order valence-corrected chi connectivity index (χ1v) is 7.22. The van der Waals surface area contributed by atoms with Crippen LogP contribution in [0.15, 0.2) is 12.4 Å². The van der Waals surface area contributed by atoms with E-state index < -0.39 is 0 Å². The number of unbranched alkanes of at least 4 members (excludes halogenated alkanes) is 1. The van der Waals surface area contributed by atoms with Gasteiger partial charge in [0.2, 0.25) is 0 Å². The molecule has 2 rings (SSSR count). The Hall–Kier alpha value is -1.12. The fourth-order valence-electron chi connectivity index (χ4n) is 2.44. The van der Waals surface area contributed by atoms with Crippen LogP contribution in [0.3, 0.4) is 0 Å². The molecule has 0 radical (unpaired) electrons. The van der Waals surface area contributed by atoms with Crippen LogP contribution in [0.4, 0.5) is 0 Å². The number of aromatic nitrogens is 1. The first-order chi connectivity index (χ1) is 8.72. The summed E-state index contributed by atoms with van der Waals surface area (Å²) in [6.45, 7) is 8.30. The van der Waals surface area contributed by atoms with Crippen molar-refractivity contribution in [3.05, 3.63) is 12.4 Å². The molecule has 2 unspecified atom stereocenters. The summed E-state index contributed by atoms with van der Waals surface area (Å²) in [5.74, 6) is 2.56. The summed E-state index contributed by atoms with van der Waals surface area (Å²) >= 11 is 0. The summed E-state index contributed by atoms with van der Waals surface area (Å²) in [4.78, 5) is 0. The molecular weight excluding hydrogens is 226 g/mol. The van der Waals surface area contributed by atoms with E-state index in [0.717, 1.165) is 24.0 Å². The number of ether oxygens (including phenoxy) is 2. The molecule has 18 heavy (non-hydrogen) atoms. The molecule has 1 aliphatic rings. The summed E-state index contributed by atoms with van der Waals surface area (Å²) < 4.78 is 13.7. The van der Waals surface area contributed by atoms with Crippen molar-refractivity contribution in [2.75, 3.05) is 6.61 Å². The summed E-state index contributed by atoms with van der Waals surface area (Å²) in [6, 6.07) is 0. The van der Waals surface area contributed by atoms with Crippen LogP contribution in [0.1, 0.15) is 46.5 Å². The molecule has 2 atom stereocenters. The molecule has 0 spiro atoms. The van der Waals surface area contributed by atoms with Crippen molar-refractivity contribution < 1.29 is 9.47 Å². The number of rotatable bonds is 6. The number of hydrogen-bond donors (Lipinski definition) is 0. The zero-order valence-corrected chi connectivity index (χ0v) is 11.8. The molecule has 3 nitrogen and oxygen atoms in total. The summed E-state index contributed by atoms with van der Waals surface area (Å²) in [5, 5.41) is 0. The Bertz CT molecular complexity index is 373. The van der Waals surface area contributed by atoms with Crippen molar-refractivity contribution in [3.8, 4) is 11.5 Å². The largest absolute Gasteiger partial charge is 0.484 e. The third-order valence-electron chi connectivity index (χ3n) is 3.62. The maximum Gasteiger partial charge on any atom is 0.179 e. The number of hydrogen-bond acceptors (Lipinski definition) is 2. The van der Waals surface area contributed by atoms with E-state index in [1.807, 2.05) is 6.92 Å². The lowest BCUT2D eigenvalue weighted by atomic mass is 9.99. The fourth-order valence-corrected chi connectivity index (χ4v) is 2.44. The van der Waals surface area contributed by atoms with Crippen molar-refractivity contribution >= 4 is 0 Å². The molecule has 0 aromatic carbocycles. The molecule has 0 saturated carbocycles. The highest BCUT2D eigenvalue weighted by Gasteiger charge is 2.20. The highest BCUT2D eigenvalue weighted by Crippen LogP contribution is 2.33. The minimum atomic E-state index is 0.162. The van der Waals surface area contributed by atoms with Gasteiger partial charge in [-0.3, -0.25) is 0 Å². The van der Waals surface area contributed by atoms with E-state index in [-0.39, 0.29) is 6.10 Å². The lowest BCUT2D eigenvalue weighted by Crippen LogP contribution is -2.24. The Morgan fingerprint density at radius 1 is 1.33 bits per heavy atom. The Morgan fingerprint density at radius 2 is 2.11 bits per heavy atom. The first kappa shape index (κ1) is 13.3. The average Bonchev–Trinajstić information content (AvgIpc) is 2.75. The van der Waals surface area contributed by atoms with Gasteiger partial charge >= 0.3 is 0 Å². The van der Waals surface area contributed by atoms with Crippen LogP contribution in [-0.4, -0.2) is 17.3 Å². The highest BCUT2D eigenvalue weighted by atomic mass is 16.6. The Balaban J connectivity index is 1.97. The van der Waals surface area contributed by atoms with Crippen molar-refractivity contribution in [3.63, 3.8) is 0 Å². The molecule has 1 aromatic rings. The Kier molecular flexibility index (Phi) is 4.56. The minimum absolute atomic E-state index is 0.162. The third-order valence-corrected chi connectivity index (χ3v) is 3.62. The highest BCUT2D eigenvalue weighted by molar-refractivity contribution is 5.39. The molecule has 0 fully saturated rings. The van der Waals surface area contributed by atoms with Gasteiger partial charge in [0.05, 0.1) is 12.4 Å². The van der Waals surface area contributed by atoms with Crippen LogP contribution < -0.4 is 9.47 Å². The van der Waals surface area contributed by atoms with Crippen LogP contribution in [0, 0.1) is 5.92 Å². The van der Waals surface area contributed by atoms with Gasteiger partial charge in [-0.05, 0) is 19.3 Å². The minimum Gasteiger partial charge on any atom is -0.484 e. The standard InChI is InChI=1S/C15H25NO2/c1-4-6-7-13(5-2)8-16-9-14-15(10-16)18-12(3)11-17-14/h9-10,12-13H,4-8,11H2,1-3H3. The van der Waals surface area contributed by atoms with Gasteiger partial charge in [0.15, 0.2) is 11.5 Å². The summed E-state index contributed by atoms with van der Waals surface area (Å²) in [6.07, 6.45) is 9.48. The fraction of sp³-hybridized carbons (Fsp3) is 0.733. The molecule has 0 aliphatic carbocycles. The number of nitrogens with zero attached hydrogens (tertiary/aromatic N) is 1. The van der Waals surface area contributed by atoms with E-state index in [9.17, 15) is 0 Å². The van der Waals surface area contributed by atoms with Crippen LogP contribution in [0.2, 0.25) is 0 Å². The first-order valence-electron chi connectivity index (χ1n) is 7.22. The molecule has 0 bridgehead atoms. The third kappa shape index (κ3) is 3.21. The maximum absolute atomic E-state index is 5.76. The van der Waals surface area contributed by atoms with Crippen molar-refractivity contribution in [2.24, 2.45) is 5.92 Å². The van der Waals surface area contributed by atoms with Crippen LogP contribution in [0.5, 0.6) is 11.5 Å². The second-order valence-corrected chi connectivity index (χ2v) is 5.34. The van der Waals surface area contributed by atoms with Crippen LogP contribution >= 0.6 is 0 Å². The van der Waals surface area contributed by atoms with E-state index in [1.165, 1.54) is 25.7 Å². The van der Waals surface area contributed by atoms with Crippen molar-refractivity contribution in [2.45, 2.75) is 59.1 Å². The predicted octanol–water partition coefficient (Wildman–Crippen LogP) is 3.86. The van der Waals surface area contributed by atoms with E-state index in [0.29, 0.717) is 6.61 Å². The van der Waals surface area contributed by atoms with Gasteiger partial charge < -0.3 is 14.0 Å². The van der Waals surface area contributed by atoms with Crippen LogP contribution in [0.25, 0.3) is 0 Å². The van der Waals surface area contributed by atoms with Gasteiger partial charge in [0.1, 0.15) is 12.7 Å². The van der Waals surface area contributed by atoms with Crippen molar-refractivity contribution in [1.82, 2.24) is 4.57 Å². The molecule has 0 N–H and O–H groups in total. The van der Waals surface area contributed by atoms with Crippen molar-refractivity contribution in [1.29, 1.82) is 0 Å². The smallest absolute Gasteiger partial charge is 0.179 e. The van der Waals surface area contributed by atoms with Gasteiger partial charge in [-0.15, -0.1) is 0 Å². The summed E-state index contributed by atoms with van der Waals surface area (Å²) in [5.41, 5.74) is 0. The SMILES string of the molecule is CCCCC(CC)Cn1cc2c(c1)OC(C)CO2. The second kappa shape index (κ2) is 6.17. The quantitative estimate of drug-likeness (QED) is 0.766. The Morgan fingerprint density at radius 3 is 2.83 bits per heavy atom. The van der Waals surface area contributed by atoms with E-state index in [1.54, 1.807) is 0 Å². The summed E-state index contributed by atoms with van der Waals surface area (Å²) in [7, 11) is 0. The lowest BCUT2D eigenvalue weighted by molar-refractivity contribution is 0.106. The topological polar surface area (TPSA) is 23.4 Å². The zero-order valence-electron chi connectivity index (χ0n) is 11.8. The molecule has 3 heteroatoms. The van der Waals surface area contributed by atoms with Gasteiger partial charge in [-0.25, -0.2) is 0 Å². The van der Waals surface area contributed by atoms with Gasteiger partial charge in [-0.1, -0.05) is 33.1 Å². The monoisotopic (exact) mass is 251 g/mol. The maximum atomic E-state index is 5.76. The molecule has 2 heterocycles. The average molecular weight is 251 g/mol. The molecule has 0 amide bonds. The molecular formula is C15H25NO2. The van der Waals surface area contributed by atoms with E-state index in [2.05, 4.69) is 30.8 Å². The van der Waals surface area contributed by atoms with Crippen LogP contribution in [-0.2, 0) is 6.54 Å². The van der Waals surface area contributed by atoms with Gasteiger partial charge in [0.25, 0.3) is 0 Å². The molecule has 1 aliphatic heterocycles. The number of fused-ring (bicyclic) bond motifs is 1. The molecule has 0 saturated heterocycles. The predicted molar refractivity (Wildman–Crippen MR) is 73.3 cm³/mol. The normalized spacial score (nSPS) is 19.8. The lowest BCUT2D eigenvalue weighted by Gasteiger charge is -2.20. The zero-order chi connectivity index (χ0) is 13.0. The molecule has 1 aromatic heterocycles. The van der Waals surface area contributed by atoms with Gasteiger partial charge in [0, 0.05) is 6.54 Å². The second-order valence-electron chi connectivity index (χ2n) is 5.34. The van der Waals surface area contributed by atoms with E-state index >= 15 is 0 Å². The van der Waals surface area contributed by atoms with Gasteiger partial charge in [-0.2, -0.15) is 0 Å². The Labute approximate surface area is 110 Å². The van der Waals surface area contributed by atoms with E-state index in [4.69, 9.17) is 9.47 Å².